The van der Waals surface area contributed by atoms with Crippen molar-refractivity contribution in [2.45, 2.75) is 109 Å². The summed E-state index contributed by atoms with van der Waals surface area (Å²) in [7, 11) is 0. The summed E-state index contributed by atoms with van der Waals surface area (Å²) < 4.78 is 5.39. The van der Waals surface area contributed by atoms with Gasteiger partial charge in [-0.2, -0.15) is 0 Å². The predicted octanol–water partition coefficient (Wildman–Crippen LogP) is 5.45. The first kappa shape index (κ1) is 22.8. The lowest BCUT2D eigenvalue weighted by Crippen LogP contribution is -2.56. The summed E-state index contributed by atoms with van der Waals surface area (Å²) >= 11 is 5.17. The number of unbranched alkanes of at least 4 members (excludes halogenated alkanes) is 11. The molecule has 0 atom stereocenters. The van der Waals surface area contributed by atoms with Crippen LogP contribution in [0, 0.1) is 0 Å². The number of thiocarbonyl (C=S) groups is 1. The molecule has 0 radical (unpaired) electrons. The molecule has 0 aliphatic carbocycles. The largest absolute Gasteiger partial charge is 0.484 e. The molecular formula is C19H40N2OS. The van der Waals surface area contributed by atoms with E-state index in [1.165, 1.54) is 70.6 Å². The van der Waals surface area contributed by atoms with Crippen LogP contribution in [-0.4, -0.2) is 17.3 Å². The van der Waals surface area contributed by atoms with Crippen molar-refractivity contribution in [3.05, 3.63) is 0 Å². The van der Waals surface area contributed by atoms with Crippen molar-refractivity contribution in [2.24, 2.45) is 11.5 Å². The molecule has 0 rings (SSSR count). The van der Waals surface area contributed by atoms with Gasteiger partial charge < -0.3 is 16.2 Å². The van der Waals surface area contributed by atoms with E-state index < -0.39 is 5.66 Å². The molecule has 0 saturated carbocycles. The van der Waals surface area contributed by atoms with Gasteiger partial charge >= 0.3 is 0 Å². The Bertz CT molecular complexity index is 283. The monoisotopic (exact) mass is 344 g/mol. The molecule has 0 amide bonds. The molecule has 0 aromatic carbocycles. The molecule has 23 heavy (non-hydrogen) atoms. The lowest BCUT2D eigenvalue weighted by Gasteiger charge is -2.25. The normalized spacial score (nSPS) is 11.7. The third-order valence-corrected chi connectivity index (χ3v) is 4.76. The minimum Gasteiger partial charge on any atom is -0.484 e. The summed E-state index contributed by atoms with van der Waals surface area (Å²) in [5, 5.41) is 0.363. The van der Waals surface area contributed by atoms with Crippen LogP contribution in [-0.2, 0) is 4.74 Å². The smallest absolute Gasteiger partial charge is 0.194 e. The van der Waals surface area contributed by atoms with Gasteiger partial charge in [-0.25, -0.2) is 0 Å². The van der Waals surface area contributed by atoms with Crippen molar-refractivity contribution in [1.82, 2.24) is 0 Å². The van der Waals surface area contributed by atoms with Gasteiger partial charge in [-0.05, 0) is 31.5 Å². The van der Waals surface area contributed by atoms with Crippen LogP contribution in [0.15, 0.2) is 0 Å². The summed E-state index contributed by atoms with van der Waals surface area (Å²) in [6.07, 6.45) is 17.6. The van der Waals surface area contributed by atoms with E-state index in [9.17, 15) is 0 Å². The van der Waals surface area contributed by atoms with Gasteiger partial charge in [-0.1, -0.05) is 84.5 Å². The highest BCUT2D eigenvalue weighted by Gasteiger charge is 2.25. The van der Waals surface area contributed by atoms with Crippen molar-refractivity contribution in [3.63, 3.8) is 0 Å². The van der Waals surface area contributed by atoms with Gasteiger partial charge in [-0.15, -0.1) is 0 Å². The van der Waals surface area contributed by atoms with Crippen LogP contribution in [0.3, 0.4) is 0 Å². The van der Waals surface area contributed by atoms with E-state index >= 15 is 0 Å². The van der Waals surface area contributed by atoms with E-state index in [-0.39, 0.29) is 0 Å². The van der Waals surface area contributed by atoms with Crippen LogP contribution in [0.1, 0.15) is 104 Å². The molecule has 0 aromatic heterocycles. The molecule has 4 heteroatoms. The molecule has 4 N–H and O–H groups in total. The maximum atomic E-state index is 6.04. The van der Waals surface area contributed by atoms with E-state index in [0.29, 0.717) is 18.1 Å². The SMILES string of the molecule is CCCCCCCCCCCCCCC(N)(N)C(=S)OCCC. The van der Waals surface area contributed by atoms with Crippen LogP contribution < -0.4 is 11.5 Å². The highest BCUT2D eigenvalue weighted by atomic mass is 32.1. The Morgan fingerprint density at radius 3 is 1.61 bits per heavy atom. The molecular weight excluding hydrogens is 304 g/mol. The van der Waals surface area contributed by atoms with Gasteiger partial charge in [0.05, 0.1) is 6.61 Å². The zero-order chi connectivity index (χ0) is 17.4. The fourth-order valence-electron chi connectivity index (χ4n) is 2.69. The fourth-order valence-corrected chi connectivity index (χ4v) is 2.88. The Labute approximate surface area is 149 Å². The van der Waals surface area contributed by atoms with Gasteiger partial charge in [0.15, 0.2) is 5.05 Å². The summed E-state index contributed by atoms with van der Waals surface area (Å²) in [6.45, 7) is 4.92. The first-order valence-electron chi connectivity index (χ1n) is 9.79. The number of hydrogen-bond acceptors (Lipinski definition) is 4. The van der Waals surface area contributed by atoms with Crippen molar-refractivity contribution < 1.29 is 4.74 Å². The van der Waals surface area contributed by atoms with Crippen LogP contribution in [0.5, 0.6) is 0 Å². The maximum absolute atomic E-state index is 6.04. The third-order valence-electron chi connectivity index (χ3n) is 4.26. The van der Waals surface area contributed by atoms with E-state index in [2.05, 4.69) is 6.92 Å². The van der Waals surface area contributed by atoms with Gasteiger partial charge in [0.25, 0.3) is 0 Å². The van der Waals surface area contributed by atoms with E-state index in [1.807, 2.05) is 6.92 Å². The topological polar surface area (TPSA) is 61.3 Å². The minimum atomic E-state index is -0.941. The Morgan fingerprint density at radius 2 is 1.17 bits per heavy atom. The Balaban J connectivity index is 3.39. The standard InChI is InChI=1S/C19H40N2OS/c1-3-5-6-7-8-9-10-11-12-13-14-15-16-19(20,21)18(23)22-17-4-2/h3-17,20-21H2,1-2H3. The van der Waals surface area contributed by atoms with Crippen LogP contribution >= 0.6 is 12.2 Å². The number of hydrogen-bond donors (Lipinski definition) is 2. The Hall–Kier alpha value is -0.190. The van der Waals surface area contributed by atoms with Crippen LogP contribution in [0.25, 0.3) is 0 Å². The summed E-state index contributed by atoms with van der Waals surface area (Å²) in [5.74, 6) is 0. The molecule has 0 aromatic rings. The molecule has 0 unspecified atom stereocenters. The van der Waals surface area contributed by atoms with Crippen molar-refractivity contribution >= 4 is 17.3 Å². The second-order valence-electron chi connectivity index (χ2n) is 6.82. The lowest BCUT2D eigenvalue weighted by atomic mass is 10.0. The Morgan fingerprint density at radius 1 is 0.739 bits per heavy atom. The summed E-state index contributed by atoms with van der Waals surface area (Å²) in [5.41, 5.74) is 11.1. The second-order valence-corrected chi connectivity index (χ2v) is 7.19. The molecule has 0 aliphatic heterocycles. The number of nitrogens with two attached hydrogens (primary N) is 2. The highest BCUT2D eigenvalue weighted by Crippen LogP contribution is 2.15. The van der Waals surface area contributed by atoms with Gasteiger partial charge in [-0.3, -0.25) is 0 Å². The van der Waals surface area contributed by atoms with E-state index in [0.717, 1.165) is 12.8 Å². The fraction of sp³-hybridized carbons (Fsp3) is 0.947. The zero-order valence-electron chi connectivity index (χ0n) is 15.6. The predicted molar refractivity (Wildman–Crippen MR) is 106 cm³/mol. The second kappa shape index (κ2) is 15.3. The van der Waals surface area contributed by atoms with Crippen LogP contribution in [0.2, 0.25) is 0 Å². The molecule has 138 valence electrons. The van der Waals surface area contributed by atoms with Gasteiger partial charge in [0.2, 0.25) is 0 Å². The van der Waals surface area contributed by atoms with Crippen molar-refractivity contribution in [2.75, 3.05) is 6.61 Å². The molecule has 0 heterocycles. The molecule has 0 aliphatic rings. The average Bonchev–Trinajstić information content (AvgIpc) is 2.53. The molecule has 3 nitrogen and oxygen atoms in total. The summed E-state index contributed by atoms with van der Waals surface area (Å²) in [4.78, 5) is 0. The Kier molecular flexibility index (Phi) is 15.2. The first-order valence-corrected chi connectivity index (χ1v) is 10.2. The van der Waals surface area contributed by atoms with Gasteiger partial charge in [0.1, 0.15) is 5.66 Å². The zero-order valence-corrected chi connectivity index (χ0v) is 16.4. The van der Waals surface area contributed by atoms with E-state index in [1.54, 1.807) is 0 Å². The lowest BCUT2D eigenvalue weighted by molar-refractivity contribution is 0.275. The van der Waals surface area contributed by atoms with Crippen LogP contribution in [0.4, 0.5) is 0 Å². The van der Waals surface area contributed by atoms with E-state index in [4.69, 9.17) is 28.4 Å². The minimum absolute atomic E-state index is 0.363. The molecule has 0 fully saturated rings. The van der Waals surface area contributed by atoms with Crippen molar-refractivity contribution in [1.29, 1.82) is 0 Å². The quantitative estimate of drug-likeness (QED) is 0.222. The number of ether oxygens (including phenoxy) is 1. The molecule has 0 bridgehead atoms. The first-order chi connectivity index (χ1) is 11.0. The third kappa shape index (κ3) is 13.9. The highest BCUT2D eigenvalue weighted by molar-refractivity contribution is 7.80. The average molecular weight is 345 g/mol. The molecule has 0 spiro atoms. The van der Waals surface area contributed by atoms with Crippen molar-refractivity contribution in [3.8, 4) is 0 Å². The summed E-state index contributed by atoms with van der Waals surface area (Å²) in [6, 6.07) is 0. The maximum Gasteiger partial charge on any atom is 0.194 e. The van der Waals surface area contributed by atoms with Gasteiger partial charge in [0, 0.05) is 0 Å². The number of rotatable bonds is 16. The molecule has 0 saturated heterocycles.